The standard InChI is InChI=1S/C22H24ClFN2O4/c1-15(27)16-2-5-19(6-3-16)30-14-18(28)13-25-8-10-26(11-9-25)22(29)20-7-4-17(24)12-21(20)23/h2-7,12,18,28H,8-11,13-14H2,1H3. The van der Waals surface area contributed by atoms with E-state index in [1.54, 1.807) is 29.2 Å². The van der Waals surface area contributed by atoms with Crippen LogP contribution in [0.25, 0.3) is 0 Å². The highest BCUT2D eigenvalue weighted by molar-refractivity contribution is 6.33. The van der Waals surface area contributed by atoms with Crippen LogP contribution in [0.5, 0.6) is 5.75 Å². The topological polar surface area (TPSA) is 70.1 Å². The Kier molecular flexibility index (Phi) is 7.42. The number of hydrogen-bond acceptors (Lipinski definition) is 5. The van der Waals surface area contributed by atoms with E-state index in [9.17, 15) is 19.1 Å². The molecule has 1 saturated heterocycles. The number of rotatable bonds is 7. The molecule has 1 aliphatic heterocycles. The number of carbonyl (C=O) groups excluding carboxylic acids is 2. The summed E-state index contributed by atoms with van der Waals surface area (Å²) in [5.41, 5.74) is 0.896. The Labute approximate surface area is 179 Å². The summed E-state index contributed by atoms with van der Waals surface area (Å²) in [7, 11) is 0. The van der Waals surface area contributed by atoms with Crippen LogP contribution in [0.15, 0.2) is 42.5 Å². The maximum Gasteiger partial charge on any atom is 0.255 e. The van der Waals surface area contributed by atoms with Crippen molar-refractivity contribution in [2.24, 2.45) is 0 Å². The summed E-state index contributed by atoms with van der Waals surface area (Å²) < 4.78 is 18.8. The van der Waals surface area contributed by atoms with Gasteiger partial charge in [0.1, 0.15) is 24.3 Å². The molecular weight excluding hydrogens is 411 g/mol. The molecule has 0 aliphatic carbocycles. The minimum atomic E-state index is -0.689. The monoisotopic (exact) mass is 434 g/mol. The van der Waals surface area contributed by atoms with Gasteiger partial charge in [0, 0.05) is 38.3 Å². The van der Waals surface area contributed by atoms with Gasteiger partial charge in [-0.3, -0.25) is 14.5 Å². The maximum atomic E-state index is 13.2. The molecule has 0 spiro atoms. The summed E-state index contributed by atoms with van der Waals surface area (Å²) in [6, 6.07) is 10.5. The molecule has 2 aromatic carbocycles. The van der Waals surface area contributed by atoms with Crippen molar-refractivity contribution >= 4 is 23.3 Å². The van der Waals surface area contributed by atoms with E-state index >= 15 is 0 Å². The van der Waals surface area contributed by atoms with Crippen molar-refractivity contribution in [1.29, 1.82) is 0 Å². The zero-order valence-electron chi connectivity index (χ0n) is 16.7. The molecule has 1 aliphatic rings. The molecule has 8 heteroatoms. The number of benzene rings is 2. The molecule has 30 heavy (non-hydrogen) atoms. The average molecular weight is 435 g/mol. The minimum Gasteiger partial charge on any atom is -0.491 e. The van der Waals surface area contributed by atoms with Crippen LogP contribution in [0, 0.1) is 5.82 Å². The fraction of sp³-hybridized carbons (Fsp3) is 0.364. The van der Waals surface area contributed by atoms with Crippen LogP contribution < -0.4 is 4.74 Å². The Hall–Kier alpha value is -2.48. The number of amides is 1. The number of aliphatic hydroxyl groups is 1. The Morgan fingerprint density at radius 1 is 1.13 bits per heavy atom. The number of piperazine rings is 1. The van der Waals surface area contributed by atoms with Crippen LogP contribution in [0.3, 0.4) is 0 Å². The summed E-state index contributed by atoms with van der Waals surface area (Å²) >= 11 is 5.99. The molecule has 1 heterocycles. The van der Waals surface area contributed by atoms with Gasteiger partial charge in [-0.15, -0.1) is 0 Å². The van der Waals surface area contributed by atoms with E-state index in [-0.39, 0.29) is 28.9 Å². The molecule has 0 bridgehead atoms. The third-order valence-corrected chi connectivity index (χ3v) is 5.31. The smallest absolute Gasteiger partial charge is 0.255 e. The van der Waals surface area contributed by atoms with E-state index < -0.39 is 11.9 Å². The highest BCUT2D eigenvalue weighted by atomic mass is 35.5. The fourth-order valence-corrected chi connectivity index (χ4v) is 3.54. The number of β-amino-alcohol motifs (C(OH)–C–C–N with tert-alkyl or cyclic N) is 1. The molecule has 3 rings (SSSR count). The van der Waals surface area contributed by atoms with E-state index in [2.05, 4.69) is 4.90 Å². The second-order valence-corrected chi connectivity index (χ2v) is 7.67. The molecule has 1 amide bonds. The fourth-order valence-electron chi connectivity index (χ4n) is 3.30. The van der Waals surface area contributed by atoms with E-state index in [0.29, 0.717) is 44.0 Å². The van der Waals surface area contributed by atoms with Gasteiger partial charge in [0.25, 0.3) is 5.91 Å². The van der Waals surface area contributed by atoms with Gasteiger partial charge in [0.2, 0.25) is 0 Å². The first-order valence-electron chi connectivity index (χ1n) is 9.72. The summed E-state index contributed by atoms with van der Waals surface area (Å²) in [5, 5.41) is 10.4. The SMILES string of the molecule is CC(=O)c1ccc(OCC(O)CN2CCN(C(=O)c3ccc(F)cc3Cl)CC2)cc1. The normalized spacial score (nSPS) is 15.7. The van der Waals surface area contributed by atoms with Crippen LogP contribution in [-0.4, -0.2) is 72.0 Å². The van der Waals surface area contributed by atoms with Gasteiger partial charge in [-0.05, 0) is 49.4 Å². The molecule has 1 fully saturated rings. The quantitative estimate of drug-likeness (QED) is 0.678. The van der Waals surface area contributed by atoms with Crippen molar-refractivity contribution in [2.75, 3.05) is 39.3 Å². The van der Waals surface area contributed by atoms with Crippen molar-refractivity contribution in [1.82, 2.24) is 9.80 Å². The second-order valence-electron chi connectivity index (χ2n) is 7.26. The third kappa shape index (κ3) is 5.78. The lowest BCUT2D eigenvalue weighted by atomic mass is 10.1. The third-order valence-electron chi connectivity index (χ3n) is 4.99. The van der Waals surface area contributed by atoms with Gasteiger partial charge >= 0.3 is 0 Å². The van der Waals surface area contributed by atoms with Crippen LogP contribution in [-0.2, 0) is 0 Å². The summed E-state index contributed by atoms with van der Waals surface area (Å²) in [6.45, 7) is 4.25. The molecule has 0 saturated carbocycles. The minimum absolute atomic E-state index is 0.0130. The molecule has 1 N–H and O–H groups in total. The molecule has 160 valence electrons. The predicted octanol–water partition coefficient (Wildman–Crippen LogP) is 2.88. The first kappa shape index (κ1) is 22.2. The lowest BCUT2D eigenvalue weighted by Gasteiger charge is -2.35. The molecular formula is C22H24ClFN2O4. The summed E-state index contributed by atoms with van der Waals surface area (Å²) in [4.78, 5) is 27.6. The molecule has 0 aromatic heterocycles. The Balaban J connectivity index is 1.43. The molecule has 1 unspecified atom stereocenters. The van der Waals surface area contributed by atoms with Crippen LogP contribution in [0.4, 0.5) is 4.39 Å². The highest BCUT2D eigenvalue weighted by Gasteiger charge is 2.25. The second kappa shape index (κ2) is 10.0. The lowest BCUT2D eigenvalue weighted by Crippen LogP contribution is -2.51. The number of carbonyl (C=O) groups is 2. The van der Waals surface area contributed by atoms with Gasteiger partial charge in [-0.25, -0.2) is 4.39 Å². The van der Waals surface area contributed by atoms with E-state index in [4.69, 9.17) is 16.3 Å². The number of ether oxygens (including phenoxy) is 1. The van der Waals surface area contributed by atoms with E-state index in [1.807, 2.05) is 0 Å². The van der Waals surface area contributed by atoms with Crippen LogP contribution >= 0.6 is 11.6 Å². The van der Waals surface area contributed by atoms with Crippen molar-refractivity contribution in [3.05, 3.63) is 64.4 Å². The van der Waals surface area contributed by atoms with E-state index in [0.717, 1.165) is 6.07 Å². The van der Waals surface area contributed by atoms with Gasteiger partial charge in [-0.2, -0.15) is 0 Å². The molecule has 0 radical (unpaired) electrons. The van der Waals surface area contributed by atoms with Crippen molar-refractivity contribution in [3.8, 4) is 5.75 Å². The first-order valence-corrected chi connectivity index (χ1v) is 10.1. The predicted molar refractivity (Wildman–Crippen MR) is 112 cm³/mol. The lowest BCUT2D eigenvalue weighted by molar-refractivity contribution is 0.0403. The Morgan fingerprint density at radius 2 is 1.80 bits per heavy atom. The molecule has 1 atom stereocenters. The number of ketones is 1. The zero-order valence-corrected chi connectivity index (χ0v) is 17.4. The number of hydrogen-bond donors (Lipinski definition) is 1. The highest BCUT2D eigenvalue weighted by Crippen LogP contribution is 2.20. The van der Waals surface area contributed by atoms with Crippen molar-refractivity contribution < 1.29 is 23.8 Å². The van der Waals surface area contributed by atoms with Crippen LogP contribution in [0.1, 0.15) is 27.6 Å². The van der Waals surface area contributed by atoms with Crippen molar-refractivity contribution in [3.63, 3.8) is 0 Å². The number of Topliss-reactive ketones (excluding diaryl/α,β-unsaturated/α-hetero) is 1. The largest absolute Gasteiger partial charge is 0.491 e. The molecule has 2 aromatic rings. The maximum absolute atomic E-state index is 13.2. The van der Waals surface area contributed by atoms with Crippen molar-refractivity contribution in [2.45, 2.75) is 13.0 Å². The van der Waals surface area contributed by atoms with Gasteiger partial charge in [0.05, 0.1) is 10.6 Å². The van der Waals surface area contributed by atoms with Gasteiger partial charge < -0.3 is 14.7 Å². The summed E-state index contributed by atoms with van der Waals surface area (Å²) in [5.74, 6) is -0.128. The average Bonchev–Trinajstić information content (AvgIpc) is 2.72. The Bertz CT molecular complexity index is 899. The molecule has 6 nitrogen and oxygen atoms in total. The van der Waals surface area contributed by atoms with E-state index in [1.165, 1.54) is 19.1 Å². The van der Waals surface area contributed by atoms with Crippen LogP contribution in [0.2, 0.25) is 5.02 Å². The summed E-state index contributed by atoms with van der Waals surface area (Å²) in [6.07, 6.45) is -0.689. The van der Waals surface area contributed by atoms with Gasteiger partial charge in [0.15, 0.2) is 5.78 Å². The Morgan fingerprint density at radius 3 is 2.40 bits per heavy atom. The first-order chi connectivity index (χ1) is 14.3. The zero-order chi connectivity index (χ0) is 21.7. The van der Waals surface area contributed by atoms with Gasteiger partial charge in [-0.1, -0.05) is 11.6 Å². The number of halogens is 2. The number of nitrogens with zero attached hydrogens (tertiary/aromatic N) is 2. The number of aliphatic hydroxyl groups excluding tert-OH is 1.